The summed E-state index contributed by atoms with van der Waals surface area (Å²) >= 11 is 0. The van der Waals surface area contributed by atoms with E-state index in [1.807, 2.05) is 0 Å². The number of nitrogens with zero attached hydrogens (tertiary/aromatic N) is 3. The zero-order valence-corrected chi connectivity index (χ0v) is 17.4. The second-order valence-electron chi connectivity index (χ2n) is 7.53. The molecule has 2 aromatic rings. The molecule has 4 atom stereocenters. The first kappa shape index (κ1) is 21.9. The SMILES string of the molecule is COC(=O)[C@@H]1C2c3ccccc3C(=O)C([C@@H]1C(=O)OC)N2c1ccc([N+](=O)[O-])cc1[N+](=O)[O-]. The van der Waals surface area contributed by atoms with Crippen LogP contribution in [-0.2, 0) is 19.1 Å². The molecule has 33 heavy (non-hydrogen) atoms. The monoisotopic (exact) mass is 455 g/mol. The van der Waals surface area contributed by atoms with E-state index in [-0.39, 0.29) is 11.3 Å². The minimum Gasteiger partial charge on any atom is -0.469 e. The predicted octanol–water partition coefficient (Wildman–Crippen LogP) is 2.21. The predicted molar refractivity (Wildman–Crippen MR) is 111 cm³/mol. The maximum absolute atomic E-state index is 13.5. The first-order valence-electron chi connectivity index (χ1n) is 9.72. The van der Waals surface area contributed by atoms with E-state index in [1.165, 1.54) is 4.90 Å². The number of methoxy groups -OCH3 is 2. The van der Waals surface area contributed by atoms with Crippen LogP contribution < -0.4 is 4.90 Å². The number of carbonyl (C=O) groups excluding carboxylic acids is 3. The highest BCUT2D eigenvalue weighted by atomic mass is 16.6. The van der Waals surface area contributed by atoms with Crippen LogP contribution in [0.1, 0.15) is 22.0 Å². The first-order chi connectivity index (χ1) is 15.7. The highest BCUT2D eigenvalue weighted by molar-refractivity contribution is 6.10. The van der Waals surface area contributed by atoms with Gasteiger partial charge in [-0.15, -0.1) is 0 Å². The summed E-state index contributed by atoms with van der Waals surface area (Å²) < 4.78 is 9.80. The van der Waals surface area contributed by atoms with Crippen LogP contribution in [0.4, 0.5) is 17.1 Å². The largest absolute Gasteiger partial charge is 0.469 e. The average Bonchev–Trinajstić information content (AvgIpc) is 3.12. The van der Waals surface area contributed by atoms with Gasteiger partial charge in [-0.1, -0.05) is 24.3 Å². The van der Waals surface area contributed by atoms with Gasteiger partial charge in [-0.05, 0) is 11.6 Å². The van der Waals surface area contributed by atoms with Crippen LogP contribution in [0.25, 0.3) is 0 Å². The summed E-state index contributed by atoms with van der Waals surface area (Å²) in [7, 11) is 2.24. The summed E-state index contributed by atoms with van der Waals surface area (Å²) in [5.74, 6) is -4.71. The third-order valence-electron chi connectivity index (χ3n) is 6.07. The van der Waals surface area contributed by atoms with E-state index in [1.54, 1.807) is 24.3 Å². The Kier molecular flexibility index (Phi) is 5.28. The zero-order chi connectivity index (χ0) is 24.0. The van der Waals surface area contributed by atoms with Gasteiger partial charge in [0, 0.05) is 11.6 Å². The third kappa shape index (κ3) is 3.18. The number of benzene rings is 2. The normalized spacial score (nSPS) is 23.0. The Labute approximate surface area is 186 Å². The molecule has 2 unspecified atom stereocenters. The van der Waals surface area contributed by atoms with Gasteiger partial charge in [0.15, 0.2) is 5.78 Å². The summed E-state index contributed by atoms with van der Waals surface area (Å²) in [6, 6.07) is 7.08. The molecule has 4 rings (SSSR count). The fourth-order valence-electron chi connectivity index (χ4n) is 4.80. The van der Waals surface area contributed by atoms with E-state index in [0.29, 0.717) is 5.56 Å². The number of ketones is 1. The van der Waals surface area contributed by atoms with Crippen LogP contribution >= 0.6 is 0 Å². The van der Waals surface area contributed by atoms with Crippen molar-refractivity contribution in [3.8, 4) is 0 Å². The number of fused-ring (bicyclic) bond motifs is 4. The maximum Gasteiger partial charge on any atom is 0.312 e. The summed E-state index contributed by atoms with van der Waals surface area (Å²) in [5.41, 5.74) is -0.637. The van der Waals surface area contributed by atoms with Crippen molar-refractivity contribution in [1.82, 2.24) is 0 Å². The molecule has 0 N–H and O–H groups in total. The standard InChI is InChI=1S/C21H17N3O9/c1-32-20(26)15-16(21(27)33-2)18-19(25)12-6-4-3-5-11(12)17(15)22(18)13-8-7-10(23(28)29)9-14(13)24(30)31/h3-9,15-18H,1-2H3/t15-,16+,17?,18?/m0/s1. The number of rotatable bonds is 5. The Morgan fingerprint density at radius 2 is 1.52 bits per heavy atom. The molecule has 2 aromatic carbocycles. The maximum atomic E-state index is 13.5. The molecule has 2 heterocycles. The molecule has 0 spiro atoms. The average molecular weight is 455 g/mol. The lowest BCUT2D eigenvalue weighted by Crippen LogP contribution is -2.46. The van der Waals surface area contributed by atoms with Gasteiger partial charge >= 0.3 is 11.9 Å². The molecular formula is C21H17N3O9. The number of nitro benzene ring substituents is 2. The lowest BCUT2D eigenvalue weighted by molar-refractivity contribution is -0.393. The van der Waals surface area contributed by atoms with Gasteiger partial charge in [-0.3, -0.25) is 34.6 Å². The summed E-state index contributed by atoms with van der Waals surface area (Å²) in [4.78, 5) is 61.9. The minimum absolute atomic E-state index is 0.135. The molecular weight excluding hydrogens is 438 g/mol. The van der Waals surface area contributed by atoms with Crippen molar-refractivity contribution in [1.29, 1.82) is 0 Å². The van der Waals surface area contributed by atoms with E-state index in [0.717, 1.165) is 32.4 Å². The molecule has 1 saturated heterocycles. The van der Waals surface area contributed by atoms with Crippen molar-refractivity contribution in [2.45, 2.75) is 12.1 Å². The summed E-state index contributed by atoms with van der Waals surface area (Å²) in [6.07, 6.45) is 0. The second-order valence-corrected chi connectivity index (χ2v) is 7.53. The minimum atomic E-state index is -1.32. The highest BCUT2D eigenvalue weighted by Crippen LogP contribution is 2.54. The Hall–Kier alpha value is -4.35. The first-order valence-corrected chi connectivity index (χ1v) is 9.72. The van der Waals surface area contributed by atoms with Gasteiger partial charge in [0.2, 0.25) is 0 Å². The molecule has 0 saturated carbocycles. The van der Waals surface area contributed by atoms with Crippen molar-refractivity contribution < 1.29 is 33.7 Å². The number of anilines is 1. The molecule has 0 aliphatic carbocycles. The van der Waals surface area contributed by atoms with Gasteiger partial charge < -0.3 is 14.4 Å². The van der Waals surface area contributed by atoms with E-state index >= 15 is 0 Å². The van der Waals surface area contributed by atoms with Crippen molar-refractivity contribution >= 4 is 34.8 Å². The number of hydrogen-bond acceptors (Lipinski definition) is 10. The molecule has 2 aliphatic heterocycles. The molecule has 0 amide bonds. The van der Waals surface area contributed by atoms with Gasteiger partial charge in [-0.2, -0.15) is 0 Å². The molecule has 12 nitrogen and oxygen atoms in total. The van der Waals surface area contributed by atoms with Crippen molar-refractivity contribution in [2.24, 2.45) is 11.8 Å². The molecule has 170 valence electrons. The number of Topliss-reactive ketones (excluding diaryl/α,β-unsaturated/α-hetero) is 1. The number of esters is 2. The second kappa shape index (κ2) is 7.97. The Morgan fingerprint density at radius 1 is 0.909 bits per heavy atom. The van der Waals surface area contributed by atoms with Crippen LogP contribution in [0.3, 0.4) is 0 Å². The Balaban J connectivity index is 2.03. The van der Waals surface area contributed by atoms with Gasteiger partial charge in [0.1, 0.15) is 17.6 Å². The fraction of sp³-hybridized carbons (Fsp3) is 0.286. The smallest absolute Gasteiger partial charge is 0.312 e. The zero-order valence-electron chi connectivity index (χ0n) is 17.4. The number of ether oxygens (including phenoxy) is 2. The number of nitro groups is 2. The van der Waals surface area contributed by atoms with E-state index < -0.39 is 62.9 Å². The van der Waals surface area contributed by atoms with Crippen LogP contribution in [0.15, 0.2) is 42.5 Å². The van der Waals surface area contributed by atoms with Gasteiger partial charge in [-0.25, -0.2) is 0 Å². The lowest BCUT2D eigenvalue weighted by atomic mass is 9.86. The molecule has 1 fully saturated rings. The topological polar surface area (TPSA) is 159 Å². The molecule has 2 bridgehead atoms. The van der Waals surface area contributed by atoms with Crippen LogP contribution in [0, 0.1) is 32.1 Å². The fourth-order valence-corrected chi connectivity index (χ4v) is 4.80. The summed E-state index contributed by atoms with van der Waals surface area (Å²) in [5, 5.41) is 23.0. The van der Waals surface area contributed by atoms with E-state index in [9.17, 15) is 34.6 Å². The van der Waals surface area contributed by atoms with Crippen LogP contribution in [0.2, 0.25) is 0 Å². The van der Waals surface area contributed by atoms with Crippen LogP contribution in [0.5, 0.6) is 0 Å². The van der Waals surface area contributed by atoms with Gasteiger partial charge in [0.05, 0.1) is 42.1 Å². The third-order valence-corrected chi connectivity index (χ3v) is 6.07. The molecule has 2 aliphatic rings. The van der Waals surface area contributed by atoms with Crippen molar-refractivity contribution in [2.75, 3.05) is 19.1 Å². The molecule has 12 heteroatoms. The van der Waals surface area contributed by atoms with Crippen molar-refractivity contribution in [3.63, 3.8) is 0 Å². The van der Waals surface area contributed by atoms with E-state index in [2.05, 4.69) is 0 Å². The molecule has 0 radical (unpaired) electrons. The van der Waals surface area contributed by atoms with Crippen molar-refractivity contribution in [3.05, 3.63) is 73.8 Å². The van der Waals surface area contributed by atoms with E-state index in [4.69, 9.17) is 9.47 Å². The lowest BCUT2D eigenvalue weighted by Gasteiger charge is -2.37. The quantitative estimate of drug-likeness (QED) is 0.371. The Morgan fingerprint density at radius 3 is 2.09 bits per heavy atom. The number of non-ortho nitro benzene ring substituents is 1. The number of hydrogen-bond donors (Lipinski definition) is 0. The van der Waals surface area contributed by atoms with Gasteiger partial charge in [0.25, 0.3) is 11.4 Å². The number of carbonyl (C=O) groups is 3. The van der Waals surface area contributed by atoms with Crippen LogP contribution in [-0.4, -0.2) is 47.8 Å². The highest BCUT2D eigenvalue weighted by Gasteiger charge is 2.63. The molecule has 0 aromatic heterocycles. The Bertz CT molecular complexity index is 1210. The summed E-state index contributed by atoms with van der Waals surface area (Å²) in [6.45, 7) is 0.